The zero-order chi connectivity index (χ0) is 24.2. The zero-order valence-corrected chi connectivity index (χ0v) is 19.3. The maximum Gasteiger partial charge on any atom is 0.336 e. The van der Waals surface area contributed by atoms with Gasteiger partial charge in [0.25, 0.3) is 5.91 Å². The third kappa shape index (κ3) is 7.95. The van der Waals surface area contributed by atoms with Crippen LogP contribution in [0.2, 0.25) is 0 Å². The molecule has 0 radical (unpaired) electrons. The molecule has 1 amide bonds. The minimum Gasteiger partial charge on any atom is -0.493 e. The van der Waals surface area contributed by atoms with Gasteiger partial charge in [-0.25, -0.2) is 4.79 Å². The first kappa shape index (κ1) is 25.4. The fourth-order valence-corrected chi connectivity index (χ4v) is 2.83. The monoisotopic (exact) mass is 448 g/mol. The number of benzene rings is 2. The molecule has 0 bridgehead atoms. The van der Waals surface area contributed by atoms with Gasteiger partial charge in [0.2, 0.25) is 0 Å². The molecule has 0 aromatic heterocycles. The summed E-state index contributed by atoms with van der Waals surface area (Å²) in [6, 6.07) is 14.6. The molecule has 2 aromatic rings. The van der Waals surface area contributed by atoms with Gasteiger partial charge in [-0.05, 0) is 46.9 Å². The van der Waals surface area contributed by atoms with E-state index in [1.165, 1.54) is 31.9 Å². The summed E-state index contributed by atoms with van der Waals surface area (Å²) in [4.78, 5) is 24.4. The number of nitriles is 1. The Morgan fingerprint density at radius 2 is 1.76 bits per heavy atom. The summed E-state index contributed by atoms with van der Waals surface area (Å²) >= 11 is 0. The average molecular weight is 449 g/mol. The number of nitrogens with zero attached hydrogens (tertiary/aromatic N) is 1. The quantitative estimate of drug-likeness (QED) is 0.193. The van der Waals surface area contributed by atoms with Crippen molar-refractivity contribution in [1.82, 2.24) is 5.32 Å². The summed E-state index contributed by atoms with van der Waals surface area (Å²) in [6.45, 7) is 4.88. The van der Waals surface area contributed by atoms with E-state index >= 15 is 0 Å². The number of esters is 1. The van der Waals surface area contributed by atoms with Gasteiger partial charge in [0.1, 0.15) is 11.6 Å². The molecule has 0 aliphatic heterocycles. The zero-order valence-electron chi connectivity index (χ0n) is 19.3. The van der Waals surface area contributed by atoms with Gasteiger partial charge in [-0.15, -0.1) is 0 Å². The van der Waals surface area contributed by atoms with Crippen molar-refractivity contribution in [2.75, 3.05) is 27.4 Å². The third-order valence-electron chi connectivity index (χ3n) is 4.68. The van der Waals surface area contributed by atoms with Crippen molar-refractivity contribution in [3.05, 3.63) is 70.8 Å². The molecule has 2 aromatic carbocycles. The number of ether oxygens (including phenoxy) is 3. The summed E-state index contributed by atoms with van der Waals surface area (Å²) in [5.41, 5.74) is 2.59. The maximum absolute atomic E-state index is 12.3. The third-order valence-corrected chi connectivity index (χ3v) is 4.68. The number of hydrogen-bond acceptors (Lipinski definition) is 6. The first-order valence-electron chi connectivity index (χ1n) is 10.4. The Bertz CT molecular complexity index is 1060. The van der Waals surface area contributed by atoms with Crippen molar-refractivity contribution in [2.24, 2.45) is 0 Å². The highest BCUT2D eigenvalue weighted by atomic mass is 16.6. The molecule has 0 spiro atoms. The molecular weight excluding hydrogens is 420 g/mol. The van der Waals surface area contributed by atoms with Crippen molar-refractivity contribution in [3.63, 3.8) is 0 Å². The number of amides is 1. The molecule has 0 fully saturated rings. The predicted molar refractivity (Wildman–Crippen MR) is 127 cm³/mol. The SMILES string of the molecule is COCCNC(=O)/C(C#N)=C/c1ccc(OC(=O)/C=C/c2ccc(C(C)C)cc2)c(OC)c1. The molecule has 0 atom stereocenters. The first-order chi connectivity index (χ1) is 15.9. The minimum atomic E-state index is -0.556. The van der Waals surface area contributed by atoms with Crippen molar-refractivity contribution in [1.29, 1.82) is 5.26 Å². The molecule has 0 saturated heterocycles. The lowest BCUT2D eigenvalue weighted by Gasteiger charge is -2.09. The van der Waals surface area contributed by atoms with Crippen LogP contribution < -0.4 is 14.8 Å². The Balaban J connectivity index is 2.10. The normalized spacial score (nSPS) is 11.3. The average Bonchev–Trinajstić information content (AvgIpc) is 2.82. The molecule has 7 nitrogen and oxygen atoms in total. The standard InChI is InChI=1S/C26H28N2O5/c1-18(2)21-9-5-19(6-10-21)8-12-25(29)33-23-11-7-20(16-24(23)32-4)15-22(17-27)26(30)28-13-14-31-3/h5-12,15-16,18H,13-14H2,1-4H3,(H,28,30)/b12-8+,22-15+. The van der Waals surface area contributed by atoms with Gasteiger partial charge in [0.15, 0.2) is 11.5 Å². The van der Waals surface area contributed by atoms with E-state index in [0.29, 0.717) is 30.4 Å². The number of rotatable bonds is 10. The second-order valence-electron chi connectivity index (χ2n) is 7.40. The van der Waals surface area contributed by atoms with Gasteiger partial charge in [0, 0.05) is 19.7 Å². The topological polar surface area (TPSA) is 97.6 Å². The Labute approximate surface area is 194 Å². The molecule has 0 heterocycles. The van der Waals surface area contributed by atoms with Crippen LogP contribution in [0.1, 0.15) is 36.5 Å². The summed E-state index contributed by atoms with van der Waals surface area (Å²) in [7, 11) is 2.96. The van der Waals surface area contributed by atoms with Crippen LogP contribution in [0.5, 0.6) is 11.5 Å². The second-order valence-corrected chi connectivity index (χ2v) is 7.40. The lowest BCUT2D eigenvalue weighted by Crippen LogP contribution is -2.27. The summed E-state index contributed by atoms with van der Waals surface area (Å²) < 4.78 is 15.6. The fourth-order valence-electron chi connectivity index (χ4n) is 2.83. The fraction of sp³-hybridized carbons (Fsp3) is 0.269. The highest BCUT2D eigenvalue weighted by Crippen LogP contribution is 2.29. The Morgan fingerprint density at radius 3 is 2.36 bits per heavy atom. The van der Waals surface area contributed by atoms with Crippen LogP contribution in [0.15, 0.2) is 54.1 Å². The largest absolute Gasteiger partial charge is 0.493 e. The molecule has 0 aliphatic carbocycles. The summed E-state index contributed by atoms with van der Waals surface area (Å²) in [6.07, 6.45) is 4.45. The van der Waals surface area contributed by atoms with E-state index in [1.54, 1.807) is 24.3 Å². The lowest BCUT2D eigenvalue weighted by atomic mass is 10.0. The van der Waals surface area contributed by atoms with E-state index in [-0.39, 0.29) is 11.3 Å². The van der Waals surface area contributed by atoms with E-state index in [0.717, 1.165) is 5.56 Å². The second kappa shape index (κ2) is 12.8. The Kier molecular flexibility index (Phi) is 9.87. The smallest absolute Gasteiger partial charge is 0.336 e. The van der Waals surface area contributed by atoms with E-state index < -0.39 is 11.9 Å². The molecule has 33 heavy (non-hydrogen) atoms. The van der Waals surface area contributed by atoms with Gasteiger partial charge in [-0.1, -0.05) is 44.2 Å². The van der Waals surface area contributed by atoms with Gasteiger partial charge in [-0.3, -0.25) is 4.79 Å². The molecule has 2 rings (SSSR count). The number of methoxy groups -OCH3 is 2. The number of carbonyl (C=O) groups is 2. The highest BCUT2D eigenvalue weighted by molar-refractivity contribution is 6.01. The molecule has 172 valence electrons. The molecule has 0 unspecified atom stereocenters. The van der Waals surface area contributed by atoms with Crippen LogP contribution in [0.4, 0.5) is 0 Å². The number of carbonyl (C=O) groups excluding carboxylic acids is 2. The molecular formula is C26H28N2O5. The van der Waals surface area contributed by atoms with Crippen LogP contribution in [0.3, 0.4) is 0 Å². The summed E-state index contributed by atoms with van der Waals surface area (Å²) in [5, 5.41) is 11.9. The highest BCUT2D eigenvalue weighted by Gasteiger charge is 2.12. The van der Waals surface area contributed by atoms with Crippen LogP contribution >= 0.6 is 0 Å². The number of nitrogens with one attached hydrogen (secondary N) is 1. The van der Waals surface area contributed by atoms with E-state index in [1.807, 2.05) is 30.3 Å². The van der Waals surface area contributed by atoms with Gasteiger partial charge in [-0.2, -0.15) is 5.26 Å². The first-order valence-corrected chi connectivity index (χ1v) is 10.4. The molecule has 0 aliphatic rings. The van der Waals surface area contributed by atoms with E-state index in [9.17, 15) is 14.9 Å². The van der Waals surface area contributed by atoms with Gasteiger partial charge in [0.05, 0.1) is 13.7 Å². The van der Waals surface area contributed by atoms with Gasteiger partial charge < -0.3 is 19.5 Å². The van der Waals surface area contributed by atoms with Crippen molar-refractivity contribution >= 4 is 24.0 Å². The van der Waals surface area contributed by atoms with Crippen LogP contribution in [-0.2, 0) is 14.3 Å². The maximum atomic E-state index is 12.3. The van der Waals surface area contributed by atoms with Crippen molar-refractivity contribution < 1.29 is 23.8 Å². The lowest BCUT2D eigenvalue weighted by molar-refractivity contribution is -0.129. The van der Waals surface area contributed by atoms with Crippen LogP contribution in [-0.4, -0.2) is 39.2 Å². The van der Waals surface area contributed by atoms with E-state index in [4.69, 9.17) is 14.2 Å². The van der Waals surface area contributed by atoms with Crippen molar-refractivity contribution in [3.8, 4) is 17.6 Å². The molecule has 1 N–H and O–H groups in total. The number of hydrogen-bond donors (Lipinski definition) is 1. The molecule has 0 saturated carbocycles. The van der Waals surface area contributed by atoms with Crippen molar-refractivity contribution in [2.45, 2.75) is 19.8 Å². The Hall–Kier alpha value is -3.89. The molecule has 7 heteroatoms. The Morgan fingerprint density at radius 1 is 1.06 bits per heavy atom. The summed E-state index contributed by atoms with van der Waals surface area (Å²) in [5.74, 6) is -0.103. The van der Waals surface area contributed by atoms with E-state index in [2.05, 4.69) is 19.2 Å². The minimum absolute atomic E-state index is 0.0654. The van der Waals surface area contributed by atoms with Crippen LogP contribution in [0.25, 0.3) is 12.2 Å². The van der Waals surface area contributed by atoms with Crippen LogP contribution in [0, 0.1) is 11.3 Å². The van der Waals surface area contributed by atoms with Gasteiger partial charge >= 0.3 is 5.97 Å². The predicted octanol–water partition coefficient (Wildman–Crippen LogP) is 4.11.